The third-order valence-corrected chi connectivity index (χ3v) is 3.73. The van der Waals surface area contributed by atoms with Gasteiger partial charge in [0.25, 0.3) is 5.91 Å². The normalized spacial score (nSPS) is 15.1. The Morgan fingerprint density at radius 3 is 2.79 bits per heavy atom. The fourth-order valence-corrected chi connectivity index (χ4v) is 2.37. The summed E-state index contributed by atoms with van der Waals surface area (Å²) in [5, 5.41) is 0. The van der Waals surface area contributed by atoms with Gasteiger partial charge in [0.05, 0.1) is 5.56 Å². The van der Waals surface area contributed by atoms with Gasteiger partial charge in [-0.15, -0.1) is 0 Å². The summed E-state index contributed by atoms with van der Waals surface area (Å²) >= 11 is 0. The maximum atomic E-state index is 13.8. The molecule has 1 aliphatic carbocycles. The number of amides is 1. The summed E-state index contributed by atoms with van der Waals surface area (Å²) in [4.78, 5) is 14.3. The van der Waals surface area contributed by atoms with Crippen molar-refractivity contribution in [2.24, 2.45) is 5.73 Å². The molecule has 3 nitrogen and oxygen atoms in total. The molecule has 1 aromatic carbocycles. The van der Waals surface area contributed by atoms with E-state index >= 15 is 0 Å². The Morgan fingerprint density at radius 2 is 2.21 bits per heavy atom. The van der Waals surface area contributed by atoms with E-state index < -0.39 is 5.82 Å². The number of halogens is 1. The van der Waals surface area contributed by atoms with E-state index in [4.69, 9.17) is 5.73 Å². The SMILES string of the molecule is Cc1ccc(F)c(C(=O)N(CCCN)C2CCC2)c1. The van der Waals surface area contributed by atoms with Crippen molar-refractivity contribution < 1.29 is 9.18 Å². The van der Waals surface area contributed by atoms with Gasteiger partial charge < -0.3 is 10.6 Å². The number of rotatable bonds is 5. The number of hydrogen-bond donors (Lipinski definition) is 1. The van der Waals surface area contributed by atoms with Gasteiger partial charge in [-0.2, -0.15) is 0 Å². The van der Waals surface area contributed by atoms with E-state index in [2.05, 4.69) is 0 Å². The largest absolute Gasteiger partial charge is 0.336 e. The predicted molar refractivity (Wildman–Crippen MR) is 73.5 cm³/mol. The van der Waals surface area contributed by atoms with Crippen LogP contribution < -0.4 is 5.73 Å². The van der Waals surface area contributed by atoms with Crippen LogP contribution in [-0.4, -0.2) is 29.9 Å². The number of hydrogen-bond acceptors (Lipinski definition) is 2. The van der Waals surface area contributed by atoms with Crippen LogP contribution in [0.3, 0.4) is 0 Å². The van der Waals surface area contributed by atoms with Crippen LogP contribution in [0, 0.1) is 12.7 Å². The van der Waals surface area contributed by atoms with Gasteiger partial charge in [0, 0.05) is 12.6 Å². The number of aryl methyl sites for hydroxylation is 1. The highest BCUT2D eigenvalue weighted by atomic mass is 19.1. The zero-order chi connectivity index (χ0) is 13.8. The lowest BCUT2D eigenvalue weighted by molar-refractivity contribution is 0.0573. The van der Waals surface area contributed by atoms with E-state index in [1.807, 2.05) is 6.92 Å². The molecule has 0 atom stereocenters. The van der Waals surface area contributed by atoms with Gasteiger partial charge in [-0.1, -0.05) is 11.6 Å². The van der Waals surface area contributed by atoms with Crippen LogP contribution in [0.4, 0.5) is 4.39 Å². The summed E-state index contributed by atoms with van der Waals surface area (Å²) in [7, 11) is 0. The lowest BCUT2D eigenvalue weighted by Crippen LogP contribution is -2.45. The molecule has 0 saturated heterocycles. The number of nitrogens with zero attached hydrogens (tertiary/aromatic N) is 1. The third-order valence-electron chi connectivity index (χ3n) is 3.73. The first kappa shape index (κ1) is 14.0. The Morgan fingerprint density at radius 1 is 1.47 bits per heavy atom. The summed E-state index contributed by atoms with van der Waals surface area (Å²) in [5.41, 5.74) is 6.60. The Hall–Kier alpha value is -1.42. The van der Waals surface area contributed by atoms with Gasteiger partial charge in [-0.05, 0) is 51.3 Å². The number of carbonyl (C=O) groups is 1. The molecule has 19 heavy (non-hydrogen) atoms. The summed E-state index contributed by atoms with van der Waals surface area (Å²) in [5.74, 6) is -0.632. The zero-order valence-electron chi connectivity index (χ0n) is 11.4. The molecular formula is C15H21FN2O. The van der Waals surface area contributed by atoms with Crippen molar-refractivity contribution in [3.63, 3.8) is 0 Å². The molecule has 2 rings (SSSR count). The second-order valence-corrected chi connectivity index (χ2v) is 5.21. The van der Waals surface area contributed by atoms with E-state index in [9.17, 15) is 9.18 Å². The van der Waals surface area contributed by atoms with Crippen LogP contribution >= 0.6 is 0 Å². The van der Waals surface area contributed by atoms with E-state index in [-0.39, 0.29) is 17.5 Å². The first-order chi connectivity index (χ1) is 9.13. The lowest BCUT2D eigenvalue weighted by Gasteiger charge is -2.37. The molecule has 0 radical (unpaired) electrons. The molecule has 1 aromatic rings. The number of nitrogens with two attached hydrogens (primary N) is 1. The third kappa shape index (κ3) is 3.13. The van der Waals surface area contributed by atoms with E-state index in [0.717, 1.165) is 31.2 Å². The first-order valence-corrected chi connectivity index (χ1v) is 6.90. The van der Waals surface area contributed by atoms with Crippen LogP contribution in [0.25, 0.3) is 0 Å². The van der Waals surface area contributed by atoms with Crippen LogP contribution in [0.2, 0.25) is 0 Å². The van der Waals surface area contributed by atoms with Crippen LogP contribution in [-0.2, 0) is 0 Å². The van der Waals surface area contributed by atoms with Crippen LogP contribution in [0.15, 0.2) is 18.2 Å². The molecule has 1 fully saturated rings. The molecule has 4 heteroatoms. The molecule has 1 saturated carbocycles. The Bertz CT molecular complexity index is 457. The number of benzene rings is 1. The summed E-state index contributed by atoms with van der Waals surface area (Å²) < 4.78 is 13.8. The summed E-state index contributed by atoms with van der Waals surface area (Å²) in [6, 6.07) is 4.94. The average molecular weight is 264 g/mol. The molecule has 104 valence electrons. The number of carbonyl (C=O) groups excluding carboxylic acids is 1. The quantitative estimate of drug-likeness (QED) is 0.888. The molecule has 1 amide bonds. The molecule has 0 aromatic heterocycles. The highest BCUT2D eigenvalue weighted by Crippen LogP contribution is 2.27. The lowest BCUT2D eigenvalue weighted by atomic mass is 9.90. The summed E-state index contributed by atoms with van der Waals surface area (Å²) in [6.45, 7) is 3.03. The van der Waals surface area contributed by atoms with Crippen molar-refractivity contribution in [2.75, 3.05) is 13.1 Å². The van der Waals surface area contributed by atoms with E-state index in [0.29, 0.717) is 13.1 Å². The Balaban J connectivity index is 2.19. The van der Waals surface area contributed by atoms with Gasteiger partial charge in [-0.3, -0.25) is 4.79 Å². The molecule has 0 heterocycles. The monoisotopic (exact) mass is 264 g/mol. The minimum Gasteiger partial charge on any atom is -0.336 e. The fourth-order valence-electron chi connectivity index (χ4n) is 2.37. The molecule has 0 aliphatic heterocycles. The average Bonchev–Trinajstić information content (AvgIpc) is 2.34. The van der Waals surface area contributed by atoms with Gasteiger partial charge in [-0.25, -0.2) is 4.39 Å². The van der Waals surface area contributed by atoms with Crippen molar-refractivity contribution in [3.05, 3.63) is 35.1 Å². The van der Waals surface area contributed by atoms with Gasteiger partial charge in [0.1, 0.15) is 5.82 Å². The Kier molecular flexibility index (Phi) is 4.53. The maximum absolute atomic E-state index is 13.8. The summed E-state index contributed by atoms with van der Waals surface area (Å²) in [6.07, 6.45) is 3.94. The highest BCUT2D eigenvalue weighted by molar-refractivity contribution is 5.95. The highest BCUT2D eigenvalue weighted by Gasteiger charge is 2.30. The van der Waals surface area contributed by atoms with E-state index in [1.165, 1.54) is 6.07 Å². The second kappa shape index (κ2) is 6.15. The smallest absolute Gasteiger partial charge is 0.257 e. The minimum atomic E-state index is -0.437. The second-order valence-electron chi connectivity index (χ2n) is 5.21. The molecule has 0 bridgehead atoms. The van der Waals surface area contributed by atoms with Crippen molar-refractivity contribution in [3.8, 4) is 0 Å². The fraction of sp³-hybridized carbons (Fsp3) is 0.533. The maximum Gasteiger partial charge on any atom is 0.257 e. The topological polar surface area (TPSA) is 46.3 Å². The van der Waals surface area contributed by atoms with Gasteiger partial charge in [0.15, 0.2) is 0 Å². The predicted octanol–water partition coefficient (Wildman–Crippen LogP) is 2.48. The molecule has 0 spiro atoms. The van der Waals surface area contributed by atoms with Crippen molar-refractivity contribution >= 4 is 5.91 Å². The first-order valence-electron chi connectivity index (χ1n) is 6.90. The van der Waals surface area contributed by atoms with E-state index in [1.54, 1.807) is 17.0 Å². The van der Waals surface area contributed by atoms with Gasteiger partial charge in [0.2, 0.25) is 0 Å². The molecule has 2 N–H and O–H groups in total. The molecular weight excluding hydrogens is 243 g/mol. The Labute approximate surface area is 113 Å². The van der Waals surface area contributed by atoms with Crippen molar-refractivity contribution in [2.45, 2.75) is 38.6 Å². The van der Waals surface area contributed by atoms with Gasteiger partial charge >= 0.3 is 0 Å². The van der Waals surface area contributed by atoms with Crippen molar-refractivity contribution in [1.82, 2.24) is 4.90 Å². The molecule has 1 aliphatic rings. The van der Waals surface area contributed by atoms with Crippen LogP contribution in [0.5, 0.6) is 0 Å². The molecule has 0 unspecified atom stereocenters. The standard InChI is InChI=1S/C15H21FN2O/c1-11-6-7-14(16)13(10-11)15(19)18(9-3-8-17)12-4-2-5-12/h6-7,10,12H,2-5,8-9,17H2,1H3. The van der Waals surface area contributed by atoms with Crippen molar-refractivity contribution in [1.29, 1.82) is 0 Å². The zero-order valence-corrected chi connectivity index (χ0v) is 11.4. The minimum absolute atomic E-state index is 0.184. The van der Waals surface area contributed by atoms with Crippen LogP contribution in [0.1, 0.15) is 41.6 Å².